The third-order valence-corrected chi connectivity index (χ3v) is 10.2. The first kappa shape index (κ1) is 28.3. The van der Waals surface area contributed by atoms with E-state index < -0.39 is 11.8 Å². The maximum absolute atomic E-state index is 14.7. The summed E-state index contributed by atoms with van der Waals surface area (Å²) in [6.07, 6.45) is 15.9. The molecule has 1 aromatic carbocycles. The summed E-state index contributed by atoms with van der Waals surface area (Å²) >= 11 is 13.0. The molecule has 10 heteroatoms. The van der Waals surface area contributed by atoms with Gasteiger partial charge in [-0.1, -0.05) is 40.5 Å². The van der Waals surface area contributed by atoms with Gasteiger partial charge in [0.25, 0.3) is 0 Å². The fourth-order valence-electron chi connectivity index (χ4n) is 6.80. The van der Waals surface area contributed by atoms with Crippen molar-refractivity contribution in [2.45, 2.75) is 64.2 Å². The van der Waals surface area contributed by atoms with Gasteiger partial charge in [0, 0.05) is 52.0 Å². The van der Waals surface area contributed by atoms with Crippen LogP contribution in [0.4, 0.5) is 4.39 Å². The topological polar surface area (TPSA) is 98.3 Å². The van der Waals surface area contributed by atoms with E-state index in [1.54, 1.807) is 25.4 Å². The van der Waals surface area contributed by atoms with E-state index in [0.717, 1.165) is 68.8 Å². The number of rotatable bonds is 8. The number of pyridine rings is 2. The Labute approximate surface area is 258 Å². The van der Waals surface area contributed by atoms with Gasteiger partial charge in [0.1, 0.15) is 28.5 Å². The van der Waals surface area contributed by atoms with Crippen molar-refractivity contribution in [3.05, 3.63) is 75.1 Å². The lowest BCUT2D eigenvalue weighted by Crippen LogP contribution is -2.43. The number of nitrogens with zero attached hydrogens (tertiary/aromatic N) is 3. The normalized spacial score (nSPS) is 23.3. The van der Waals surface area contributed by atoms with Crippen LogP contribution >= 0.6 is 23.2 Å². The minimum atomic E-state index is -1.19. The maximum atomic E-state index is 14.7. The smallest absolute Gasteiger partial charge is 0.335 e. The van der Waals surface area contributed by atoms with Crippen molar-refractivity contribution >= 4 is 46.2 Å². The minimum absolute atomic E-state index is 0.0155. The van der Waals surface area contributed by atoms with E-state index in [-0.39, 0.29) is 21.9 Å². The number of hydrogen-bond donors (Lipinski definition) is 1. The number of carboxylic acid groups (broad SMARTS) is 1. The molecule has 4 fully saturated rings. The van der Waals surface area contributed by atoms with Crippen molar-refractivity contribution in [1.82, 2.24) is 15.1 Å². The van der Waals surface area contributed by atoms with E-state index in [2.05, 4.69) is 27.3 Å². The second-order valence-corrected chi connectivity index (χ2v) is 13.3. The van der Waals surface area contributed by atoms with E-state index in [4.69, 9.17) is 32.5 Å². The number of ether oxygens (including phenoxy) is 1. The number of halogens is 3. The van der Waals surface area contributed by atoms with E-state index in [0.29, 0.717) is 50.7 Å². The summed E-state index contributed by atoms with van der Waals surface area (Å²) in [5.74, 6) is -0.119. The number of hydrogen-bond acceptors (Lipinski definition) is 6. The van der Waals surface area contributed by atoms with Crippen molar-refractivity contribution in [2.75, 3.05) is 6.61 Å². The zero-order chi connectivity index (χ0) is 29.9. The molecular formula is C33H30Cl2FN3O4. The van der Waals surface area contributed by atoms with E-state index in [9.17, 15) is 14.3 Å². The molecule has 0 unspecified atom stereocenters. The first-order chi connectivity index (χ1) is 20.7. The zero-order valence-electron chi connectivity index (χ0n) is 23.6. The van der Waals surface area contributed by atoms with Crippen LogP contribution in [-0.4, -0.2) is 32.8 Å². The predicted octanol–water partition coefficient (Wildman–Crippen LogP) is 9.05. The van der Waals surface area contributed by atoms with Gasteiger partial charge in [-0.05, 0) is 75.8 Å². The highest BCUT2D eigenvalue weighted by molar-refractivity contribution is 6.39. The molecule has 8 rings (SSSR count). The van der Waals surface area contributed by atoms with Crippen molar-refractivity contribution in [2.24, 2.45) is 10.8 Å². The van der Waals surface area contributed by atoms with Crippen LogP contribution in [0.1, 0.15) is 84.7 Å². The highest BCUT2D eigenvalue weighted by Gasteiger charge is 2.48. The summed E-state index contributed by atoms with van der Waals surface area (Å²) in [7, 11) is 0. The Morgan fingerprint density at radius 2 is 1.81 bits per heavy atom. The molecule has 43 heavy (non-hydrogen) atoms. The molecule has 0 amide bonds. The molecule has 0 saturated heterocycles. The number of allylic oxidation sites excluding steroid dienone is 1. The lowest BCUT2D eigenvalue weighted by atomic mass is 9.54. The number of benzene rings is 1. The number of aromatic nitrogens is 3. The van der Waals surface area contributed by atoms with Gasteiger partial charge in [-0.2, -0.15) is 0 Å². The Balaban J connectivity index is 1.11. The van der Waals surface area contributed by atoms with Crippen LogP contribution in [0.5, 0.6) is 5.75 Å². The maximum Gasteiger partial charge on any atom is 0.335 e. The molecule has 0 atom stereocenters. The molecule has 7 nitrogen and oxygen atoms in total. The quantitative estimate of drug-likeness (QED) is 0.209. The highest BCUT2D eigenvalue weighted by Crippen LogP contribution is 2.58. The minimum Gasteiger partial charge on any atom is -0.492 e. The number of aromatic carboxylic acids is 1. The molecular weight excluding hydrogens is 592 g/mol. The van der Waals surface area contributed by atoms with Crippen LogP contribution in [0.2, 0.25) is 10.0 Å². The van der Waals surface area contributed by atoms with Crippen LogP contribution in [0.15, 0.2) is 41.2 Å². The molecule has 4 aliphatic carbocycles. The van der Waals surface area contributed by atoms with Crippen molar-refractivity contribution < 1.29 is 23.6 Å². The first-order valence-electron chi connectivity index (χ1n) is 14.6. The van der Waals surface area contributed by atoms with Crippen molar-refractivity contribution in [3.8, 4) is 17.0 Å². The predicted molar refractivity (Wildman–Crippen MR) is 162 cm³/mol. The second kappa shape index (κ2) is 10.6. The van der Waals surface area contributed by atoms with Gasteiger partial charge in [0.05, 0.1) is 22.2 Å². The average Bonchev–Trinajstić information content (AvgIpc) is 3.76. The molecule has 222 valence electrons. The highest BCUT2D eigenvalue weighted by atomic mass is 35.5. The zero-order valence-corrected chi connectivity index (χ0v) is 25.1. The Bertz CT molecular complexity index is 1750. The van der Waals surface area contributed by atoms with Gasteiger partial charge in [-0.3, -0.25) is 4.98 Å². The van der Waals surface area contributed by atoms with E-state index in [1.807, 2.05) is 0 Å². The monoisotopic (exact) mass is 621 g/mol. The van der Waals surface area contributed by atoms with Gasteiger partial charge in [0.2, 0.25) is 0 Å². The lowest BCUT2D eigenvalue weighted by Gasteiger charge is -2.52. The number of carboxylic acids is 1. The molecule has 0 spiro atoms. The molecule has 0 radical (unpaired) electrons. The summed E-state index contributed by atoms with van der Waals surface area (Å²) in [4.78, 5) is 19.9. The Hall–Kier alpha value is -3.49. The SMILES string of the molecule is Cc1cc(OCC23CCC(/C=C/c4c(-c5c(Cl)cncc5Cl)noc4C4CC4)(CC2)CC3)c2cc(C(=O)O)cc(F)c2n1. The molecule has 4 aromatic rings. The van der Waals surface area contributed by atoms with Gasteiger partial charge in [0.15, 0.2) is 0 Å². The summed E-state index contributed by atoms with van der Waals surface area (Å²) in [5.41, 5.74) is 2.95. The largest absolute Gasteiger partial charge is 0.492 e. The molecule has 3 aromatic heterocycles. The lowest BCUT2D eigenvalue weighted by molar-refractivity contribution is -0.0119. The molecule has 3 heterocycles. The second-order valence-electron chi connectivity index (χ2n) is 12.5. The molecule has 4 saturated carbocycles. The third-order valence-electron chi connectivity index (χ3n) is 9.60. The van der Waals surface area contributed by atoms with Crippen LogP contribution in [-0.2, 0) is 0 Å². The van der Waals surface area contributed by atoms with Crippen LogP contribution in [0.25, 0.3) is 28.2 Å². The first-order valence-corrected chi connectivity index (χ1v) is 15.4. The Kier molecular flexibility index (Phi) is 6.97. The summed E-state index contributed by atoms with van der Waals surface area (Å²) in [6, 6.07) is 4.21. The van der Waals surface area contributed by atoms with Crippen LogP contribution in [0, 0.1) is 23.6 Å². The average molecular weight is 623 g/mol. The van der Waals surface area contributed by atoms with Crippen molar-refractivity contribution in [1.29, 1.82) is 0 Å². The number of carbonyl (C=O) groups is 1. The third kappa shape index (κ3) is 5.18. The summed E-state index contributed by atoms with van der Waals surface area (Å²) in [6.45, 7) is 2.27. The standard InChI is InChI=1S/C33H30Cl2FN3O4/c1-18-12-26(22-13-20(31(40)41)14-25(36)28(22)38-18)42-17-33-9-6-32(7-10-33,8-11-33)5-4-21-29(39-43-30(21)19-2-3-19)27-23(34)15-37-16-24(27)35/h4-5,12-16,19H,2-3,6-11,17H2,1H3,(H,40,41)/b5-4+. The van der Waals surface area contributed by atoms with Gasteiger partial charge >= 0.3 is 5.97 Å². The Morgan fingerprint density at radius 3 is 2.47 bits per heavy atom. The molecule has 0 aliphatic heterocycles. The fourth-order valence-corrected chi connectivity index (χ4v) is 7.34. The molecule has 1 N–H and O–H groups in total. The molecule has 2 bridgehead atoms. The number of aryl methyl sites for hydroxylation is 1. The number of fused-ring (bicyclic) bond motifs is 4. The van der Waals surface area contributed by atoms with E-state index in [1.165, 1.54) is 6.07 Å². The summed E-state index contributed by atoms with van der Waals surface area (Å²) in [5, 5.41) is 15.1. The van der Waals surface area contributed by atoms with Gasteiger partial charge in [-0.15, -0.1) is 0 Å². The van der Waals surface area contributed by atoms with E-state index >= 15 is 0 Å². The van der Waals surface area contributed by atoms with Gasteiger partial charge < -0.3 is 14.4 Å². The fraction of sp³-hybridized carbons (Fsp3) is 0.394. The van der Waals surface area contributed by atoms with Crippen LogP contribution < -0.4 is 4.74 Å². The summed E-state index contributed by atoms with van der Waals surface area (Å²) < 4.78 is 27.0. The van der Waals surface area contributed by atoms with Gasteiger partial charge in [-0.25, -0.2) is 14.2 Å². The molecule has 4 aliphatic rings. The Morgan fingerprint density at radius 1 is 1.12 bits per heavy atom. The van der Waals surface area contributed by atoms with Crippen LogP contribution in [0.3, 0.4) is 0 Å². The van der Waals surface area contributed by atoms with Crippen molar-refractivity contribution in [3.63, 3.8) is 0 Å².